The second kappa shape index (κ2) is 12.4. The van der Waals surface area contributed by atoms with E-state index in [0.717, 1.165) is 56.7 Å². The molecule has 6 nitrogen and oxygen atoms in total. The standard InChI is InChI=1S/C38H60N2O4/c1-35-16-14-30(43-26-24-39-20-6-7-21-39)28-29(35)12-13-32-31(35)15-17-36(2)37(32,41)18-19-38(36,33-10-4-5-11-34(33)42-3)44-27-25-40-22-8-9-23-40/h4-5,10-11,29-32,41H,6-9,12-28H2,1-3H3/t29-,30+,31+,32-,35+,36+,37+,38-/m1/s1. The first-order valence-electron chi connectivity index (χ1n) is 18.4. The van der Waals surface area contributed by atoms with Gasteiger partial charge in [-0.15, -0.1) is 0 Å². The minimum atomic E-state index is -0.735. The Morgan fingerprint density at radius 1 is 0.795 bits per heavy atom. The maximum atomic E-state index is 13.2. The van der Waals surface area contributed by atoms with Crippen LogP contribution < -0.4 is 4.74 Å². The Balaban J connectivity index is 1.10. The van der Waals surface area contributed by atoms with E-state index in [1.807, 2.05) is 0 Å². The van der Waals surface area contributed by atoms with Crippen molar-refractivity contribution in [2.75, 3.05) is 59.6 Å². The number of fused-ring (bicyclic) bond motifs is 5. The Morgan fingerprint density at radius 2 is 1.50 bits per heavy atom. The van der Waals surface area contributed by atoms with Crippen LogP contribution in [0.1, 0.15) is 103 Å². The molecule has 0 aromatic heterocycles. The molecule has 2 heterocycles. The van der Waals surface area contributed by atoms with Gasteiger partial charge in [0.2, 0.25) is 0 Å². The number of nitrogens with zero attached hydrogens (tertiary/aromatic N) is 2. The normalized spacial score (nSPS) is 42.6. The predicted octanol–water partition coefficient (Wildman–Crippen LogP) is 6.64. The summed E-state index contributed by atoms with van der Waals surface area (Å²) in [5.41, 5.74) is -0.202. The number of methoxy groups -OCH3 is 1. The summed E-state index contributed by atoms with van der Waals surface area (Å²) in [5.74, 6) is 2.51. The van der Waals surface area contributed by atoms with Gasteiger partial charge in [-0.3, -0.25) is 0 Å². The molecule has 0 radical (unpaired) electrons. The van der Waals surface area contributed by atoms with E-state index in [4.69, 9.17) is 14.2 Å². The number of benzene rings is 1. The summed E-state index contributed by atoms with van der Waals surface area (Å²) in [6.07, 6.45) is 15.5. The van der Waals surface area contributed by atoms with Gasteiger partial charge in [-0.05, 0) is 139 Å². The van der Waals surface area contributed by atoms with E-state index in [9.17, 15) is 5.11 Å². The molecule has 7 rings (SSSR count). The molecule has 44 heavy (non-hydrogen) atoms. The Kier molecular flexibility index (Phi) is 8.89. The molecule has 0 amide bonds. The van der Waals surface area contributed by atoms with E-state index >= 15 is 0 Å². The number of ether oxygens (including phenoxy) is 3. The van der Waals surface area contributed by atoms with Gasteiger partial charge in [0.1, 0.15) is 11.4 Å². The van der Waals surface area contributed by atoms with Crippen molar-refractivity contribution in [2.45, 2.75) is 115 Å². The zero-order chi connectivity index (χ0) is 30.4. The van der Waals surface area contributed by atoms with Crippen LogP contribution in [0.4, 0.5) is 0 Å². The van der Waals surface area contributed by atoms with Crippen molar-refractivity contribution in [1.29, 1.82) is 0 Å². The summed E-state index contributed by atoms with van der Waals surface area (Å²) in [7, 11) is 1.78. The molecule has 2 saturated heterocycles. The third-order valence-corrected chi connectivity index (χ3v) is 14.4. The van der Waals surface area contributed by atoms with Gasteiger partial charge in [-0.2, -0.15) is 0 Å². The fraction of sp³-hybridized carbons (Fsp3) is 0.842. The van der Waals surface area contributed by atoms with Gasteiger partial charge in [0.05, 0.1) is 32.0 Å². The highest BCUT2D eigenvalue weighted by Gasteiger charge is 2.73. The van der Waals surface area contributed by atoms with Crippen molar-refractivity contribution < 1.29 is 19.3 Å². The van der Waals surface area contributed by atoms with Gasteiger partial charge in [0.15, 0.2) is 0 Å². The van der Waals surface area contributed by atoms with Crippen molar-refractivity contribution in [2.24, 2.45) is 28.6 Å². The maximum absolute atomic E-state index is 13.2. The van der Waals surface area contributed by atoms with Gasteiger partial charge in [-0.25, -0.2) is 0 Å². The topological polar surface area (TPSA) is 54.4 Å². The number of aliphatic hydroxyl groups is 1. The zero-order valence-electron chi connectivity index (χ0n) is 28.0. The molecule has 0 unspecified atom stereocenters. The minimum absolute atomic E-state index is 0.293. The first kappa shape index (κ1) is 31.4. The van der Waals surface area contributed by atoms with E-state index in [0.29, 0.717) is 35.9 Å². The molecule has 6 aliphatic rings. The van der Waals surface area contributed by atoms with Gasteiger partial charge < -0.3 is 29.1 Å². The van der Waals surface area contributed by atoms with Crippen LogP contribution in [0.25, 0.3) is 0 Å². The first-order valence-corrected chi connectivity index (χ1v) is 18.4. The monoisotopic (exact) mass is 608 g/mol. The molecule has 0 bridgehead atoms. The van der Waals surface area contributed by atoms with E-state index < -0.39 is 11.2 Å². The van der Waals surface area contributed by atoms with Crippen LogP contribution in [-0.2, 0) is 15.1 Å². The van der Waals surface area contributed by atoms with Gasteiger partial charge in [-0.1, -0.05) is 32.0 Å². The molecule has 246 valence electrons. The van der Waals surface area contributed by atoms with Crippen molar-refractivity contribution in [1.82, 2.24) is 9.80 Å². The lowest BCUT2D eigenvalue weighted by molar-refractivity contribution is -0.250. The zero-order valence-corrected chi connectivity index (χ0v) is 28.0. The van der Waals surface area contributed by atoms with Crippen LogP contribution in [0.3, 0.4) is 0 Å². The predicted molar refractivity (Wildman–Crippen MR) is 175 cm³/mol. The highest BCUT2D eigenvalue weighted by molar-refractivity contribution is 5.43. The van der Waals surface area contributed by atoms with E-state index in [1.165, 1.54) is 84.0 Å². The number of rotatable bonds is 10. The number of para-hydroxylation sites is 1. The minimum Gasteiger partial charge on any atom is -0.496 e. The van der Waals surface area contributed by atoms with Crippen LogP contribution in [0.5, 0.6) is 5.75 Å². The molecule has 2 aliphatic heterocycles. The van der Waals surface area contributed by atoms with E-state index in [-0.39, 0.29) is 5.41 Å². The molecular formula is C38H60N2O4. The molecule has 1 aromatic rings. The Labute approximate surface area is 267 Å². The van der Waals surface area contributed by atoms with Gasteiger partial charge in [0, 0.05) is 24.1 Å². The van der Waals surface area contributed by atoms with Gasteiger partial charge in [0.25, 0.3) is 0 Å². The van der Waals surface area contributed by atoms with Crippen LogP contribution in [0.2, 0.25) is 0 Å². The summed E-state index contributed by atoms with van der Waals surface area (Å²) in [5, 5.41) is 13.2. The molecular weight excluding hydrogens is 548 g/mol. The largest absolute Gasteiger partial charge is 0.496 e. The lowest BCUT2D eigenvalue weighted by Gasteiger charge is -2.65. The molecule has 6 heteroatoms. The molecule has 0 spiro atoms. The average Bonchev–Trinajstić information content (AvgIpc) is 3.79. The van der Waals surface area contributed by atoms with E-state index in [1.54, 1.807) is 7.11 Å². The number of hydrogen-bond donors (Lipinski definition) is 1. The highest BCUT2D eigenvalue weighted by atomic mass is 16.5. The summed E-state index contributed by atoms with van der Waals surface area (Å²) < 4.78 is 19.7. The Bertz CT molecular complexity index is 1140. The van der Waals surface area contributed by atoms with Gasteiger partial charge >= 0.3 is 0 Å². The third kappa shape index (κ3) is 5.09. The van der Waals surface area contributed by atoms with Crippen molar-refractivity contribution >= 4 is 0 Å². The fourth-order valence-electron chi connectivity index (χ4n) is 11.8. The smallest absolute Gasteiger partial charge is 0.124 e. The highest BCUT2D eigenvalue weighted by Crippen LogP contribution is 2.73. The second-order valence-corrected chi connectivity index (χ2v) is 16.0. The Morgan fingerprint density at radius 3 is 2.23 bits per heavy atom. The maximum Gasteiger partial charge on any atom is 0.124 e. The molecule has 4 aliphatic carbocycles. The second-order valence-electron chi connectivity index (χ2n) is 16.0. The SMILES string of the molecule is COc1ccccc1[C@]1(OCCN2CCCC2)CC[C@]2(O)[C@@H]3CC[C@@H]4C[C@@H](OCCN5CCCC5)CC[C@]4(C)[C@H]3CC[C@]12C. The Hall–Kier alpha value is -1.18. The number of likely N-dealkylation sites (tertiary alicyclic amines) is 2. The third-order valence-electron chi connectivity index (χ3n) is 14.4. The van der Waals surface area contributed by atoms with Crippen molar-refractivity contribution in [3.8, 4) is 5.75 Å². The summed E-state index contributed by atoms with van der Waals surface area (Å²) in [4.78, 5) is 5.12. The lowest BCUT2D eigenvalue weighted by Crippen LogP contribution is -2.65. The molecule has 1 aromatic carbocycles. The molecule has 1 N–H and O–H groups in total. The van der Waals surface area contributed by atoms with Crippen molar-refractivity contribution in [3.05, 3.63) is 29.8 Å². The van der Waals surface area contributed by atoms with E-state index in [2.05, 4.69) is 47.9 Å². The summed E-state index contributed by atoms with van der Waals surface area (Å²) in [6, 6.07) is 8.51. The summed E-state index contributed by atoms with van der Waals surface area (Å²) in [6.45, 7) is 13.5. The molecule has 8 atom stereocenters. The van der Waals surface area contributed by atoms with Crippen LogP contribution in [-0.4, -0.2) is 86.2 Å². The summed E-state index contributed by atoms with van der Waals surface area (Å²) >= 11 is 0. The molecule has 4 saturated carbocycles. The van der Waals surface area contributed by atoms with Crippen LogP contribution >= 0.6 is 0 Å². The first-order chi connectivity index (χ1) is 21.3. The molecule has 6 fully saturated rings. The average molecular weight is 609 g/mol. The quantitative estimate of drug-likeness (QED) is 0.321. The fourth-order valence-corrected chi connectivity index (χ4v) is 11.8. The number of hydrogen-bond acceptors (Lipinski definition) is 6. The lowest BCUT2D eigenvalue weighted by atomic mass is 9.42. The van der Waals surface area contributed by atoms with Crippen LogP contribution in [0, 0.1) is 28.6 Å². The van der Waals surface area contributed by atoms with Crippen LogP contribution in [0.15, 0.2) is 24.3 Å². The van der Waals surface area contributed by atoms with Crippen molar-refractivity contribution in [3.63, 3.8) is 0 Å².